The van der Waals surface area contributed by atoms with E-state index < -0.39 is 0 Å². The zero-order chi connectivity index (χ0) is 16.3. The van der Waals surface area contributed by atoms with Crippen molar-refractivity contribution in [1.82, 2.24) is 0 Å². The molecule has 0 aliphatic heterocycles. The van der Waals surface area contributed by atoms with E-state index in [4.69, 9.17) is 4.74 Å². The molecule has 0 fully saturated rings. The first kappa shape index (κ1) is 16.0. The monoisotopic (exact) mass is 302 g/mol. The van der Waals surface area contributed by atoms with Gasteiger partial charge in [-0.1, -0.05) is 19.4 Å². The van der Waals surface area contributed by atoms with Crippen LogP contribution in [0.25, 0.3) is 11.1 Å². The molecule has 0 aliphatic rings. The highest BCUT2D eigenvalue weighted by Gasteiger charge is 2.18. The molecule has 0 spiro atoms. The average molecular weight is 302 g/mol. The molecule has 0 aromatic heterocycles. The third kappa shape index (κ3) is 2.96. The number of phenols is 1. The molecule has 116 valence electrons. The molecule has 3 nitrogen and oxygen atoms in total. The van der Waals surface area contributed by atoms with Crippen molar-refractivity contribution in [3.8, 4) is 22.6 Å². The van der Waals surface area contributed by atoms with E-state index in [9.17, 15) is 14.3 Å². The van der Waals surface area contributed by atoms with Gasteiger partial charge in [-0.2, -0.15) is 0 Å². The van der Waals surface area contributed by atoms with Gasteiger partial charge in [-0.25, -0.2) is 4.39 Å². The molecule has 0 atom stereocenters. The fraction of sp³-hybridized carbons (Fsp3) is 0.278. The maximum absolute atomic E-state index is 13.6. The van der Waals surface area contributed by atoms with Gasteiger partial charge in [0.1, 0.15) is 17.3 Å². The molecule has 0 amide bonds. The predicted octanol–water partition coefficient (Wildman–Crippen LogP) is 4.36. The smallest absolute Gasteiger partial charge is 0.163 e. The first-order valence-corrected chi connectivity index (χ1v) is 7.19. The molecule has 0 saturated heterocycles. The van der Waals surface area contributed by atoms with Crippen LogP contribution in [0, 0.1) is 5.82 Å². The van der Waals surface area contributed by atoms with E-state index in [0.29, 0.717) is 28.9 Å². The van der Waals surface area contributed by atoms with Crippen LogP contribution in [0.4, 0.5) is 4.39 Å². The molecule has 2 aromatic rings. The Morgan fingerprint density at radius 3 is 2.55 bits per heavy atom. The lowest BCUT2D eigenvalue weighted by Crippen LogP contribution is -2.00. The molecule has 0 saturated carbocycles. The number of hydrogen-bond acceptors (Lipinski definition) is 3. The molecule has 0 unspecified atom stereocenters. The fourth-order valence-electron chi connectivity index (χ4n) is 2.57. The van der Waals surface area contributed by atoms with Crippen molar-refractivity contribution >= 4 is 5.78 Å². The summed E-state index contributed by atoms with van der Waals surface area (Å²) in [6.07, 6.45) is 1.38. The third-order valence-electron chi connectivity index (χ3n) is 3.61. The summed E-state index contributed by atoms with van der Waals surface area (Å²) in [6.45, 7) is 3.39. The zero-order valence-corrected chi connectivity index (χ0v) is 12.9. The number of rotatable bonds is 5. The van der Waals surface area contributed by atoms with Gasteiger partial charge < -0.3 is 9.84 Å². The number of phenolic OH excluding ortho intramolecular Hbond substituents is 1. The van der Waals surface area contributed by atoms with Crippen molar-refractivity contribution in [2.45, 2.75) is 26.7 Å². The Kier molecular flexibility index (Phi) is 4.81. The molecule has 0 aliphatic carbocycles. The minimum absolute atomic E-state index is 0.0295. The minimum atomic E-state index is -0.381. The highest BCUT2D eigenvalue weighted by Crippen LogP contribution is 2.38. The van der Waals surface area contributed by atoms with Crippen LogP contribution in [-0.2, 0) is 6.42 Å². The Labute approximate surface area is 129 Å². The van der Waals surface area contributed by atoms with Crippen LogP contribution in [0.5, 0.6) is 11.5 Å². The van der Waals surface area contributed by atoms with Crippen molar-refractivity contribution < 1.29 is 19.0 Å². The molecule has 1 N–H and O–H groups in total. The number of carbonyl (C=O) groups excluding carboxylic acids is 1. The van der Waals surface area contributed by atoms with Gasteiger partial charge in [0.15, 0.2) is 5.78 Å². The van der Waals surface area contributed by atoms with Crippen molar-refractivity contribution in [2.24, 2.45) is 0 Å². The summed E-state index contributed by atoms with van der Waals surface area (Å²) in [6, 6.07) is 7.55. The van der Waals surface area contributed by atoms with Gasteiger partial charge in [0.25, 0.3) is 0 Å². The van der Waals surface area contributed by atoms with E-state index >= 15 is 0 Å². The summed E-state index contributed by atoms with van der Waals surface area (Å²) < 4.78 is 18.9. The third-order valence-corrected chi connectivity index (χ3v) is 3.61. The second-order valence-corrected chi connectivity index (χ2v) is 5.14. The number of methoxy groups -OCH3 is 1. The largest absolute Gasteiger partial charge is 0.507 e. The van der Waals surface area contributed by atoms with E-state index in [1.165, 1.54) is 26.2 Å². The quantitative estimate of drug-likeness (QED) is 0.835. The lowest BCUT2D eigenvalue weighted by Gasteiger charge is -2.16. The van der Waals surface area contributed by atoms with Crippen LogP contribution in [-0.4, -0.2) is 18.0 Å². The van der Waals surface area contributed by atoms with E-state index in [1.807, 2.05) is 6.92 Å². The maximum atomic E-state index is 13.6. The van der Waals surface area contributed by atoms with Gasteiger partial charge in [0.2, 0.25) is 0 Å². The lowest BCUT2D eigenvalue weighted by atomic mass is 9.92. The Morgan fingerprint density at radius 2 is 1.95 bits per heavy atom. The van der Waals surface area contributed by atoms with Crippen molar-refractivity contribution in [2.75, 3.05) is 7.11 Å². The summed E-state index contributed by atoms with van der Waals surface area (Å²) >= 11 is 0. The topological polar surface area (TPSA) is 46.5 Å². The lowest BCUT2D eigenvalue weighted by molar-refractivity contribution is 0.101. The van der Waals surface area contributed by atoms with Crippen molar-refractivity contribution in [1.29, 1.82) is 0 Å². The zero-order valence-electron chi connectivity index (χ0n) is 12.9. The Bertz CT molecular complexity index is 708. The first-order chi connectivity index (χ1) is 10.5. The van der Waals surface area contributed by atoms with Gasteiger partial charge in [0, 0.05) is 11.1 Å². The van der Waals surface area contributed by atoms with Crippen LogP contribution in [0.2, 0.25) is 0 Å². The normalized spacial score (nSPS) is 10.5. The van der Waals surface area contributed by atoms with E-state index in [0.717, 1.165) is 6.42 Å². The number of ketones is 1. The number of halogens is 1. The molecule has 0 heterocycles. The molecule has 2 rings (SSSR count). The first-order valence-electron chi connectivity index (χ1n) is 7.19. The summed E-state index contributed by atoms with van der Waals surface area (Å²) in [5, 5.41) is 10.4. The molecular weight excluding hydrogens is 283 g/mol. The second-order valence-electron chi connectivity index (χ2n) is 5.14. The van der Waals surface area contributed by atoms with Gasteiger partial charge in [0.05, 0.1) is 12.7 Å². The number of aromatic hydroxyl groups is 1. The maximum Gasteiger partial charge on any atom is 0.163 e. The van der Waals surface area contributed by atoms with Crippen LogP contribution in [0.1, 0.15) is 36.2 Å². The van der Waals surface area contributed by atoms with Crippen LogP contribution < -0.4 is 4.74 Å². The molecule has 0 bridgehead atoms. The Balaban J connectivity index is 2.72. The number of Topliss-reactive ketones (excluding diaryl/α,β-unsaturated/α-hetero) is 1. The molecular formula is C18H19FO3. The SMILES string of the molecule is CCCc1c(-c2cc(F)ccc2OC)ccc(C(C)=O)c1O. The average Bonchev–Trinajstić information content (AvgIpc) is 2.49. The predicted molar refractivity (Wildman–Crippen MR) is 84.1 cm³/mol. The summed E-state index contributed by atoms with van der Waals surface area (Å²) in [7, 11) is 1.51. The summed E-state index contributed by atoms with van der Waals surface area (Å²) in [4.78, 5) is 11.6. The summed E-state index contributed by atoms with van der Waals surface area (Å²) in [5.41, 5.74) is 2.17. The number of ether oxygens (including phenoxy) is 1. The minimum Gasteiger partial charge on any atom is -0.507 e. The van der Waals surface area contributed by atoms with Crippen LogP contribution >= 0.6 is 0 Å². The number of carbonyl (C=O) groups is 1. The van der Waals surface area contributed by atoms with Gasteiger partial charge in [-0.05, 0) is 43.2 Å². The van der Waals surface area contributed by atoms with Gasteiger partial charge in [-0.3, -0.25) is 4.79 Å². The number of hydrogen-bond donors (Lipinski definition) is 1. The standard InChI is InChI=1S/C18H19FO3/c1-4-5-15-14(8-7-13(11(2)20)18(15)21)16-10-12(19)6-9-17(16)22-3/h6-10,21H,4-5H2,1-3H3. The van der Waals surface area contributed by atoms with Crippen LogP contribution in [0.15, 0.2) is 30.3 Å². The van der Waals surface area contributed by atoms with Crippen LogP contribution in [0.3, 0.4) is 0 Å². The highest BCUT2D eigenvalue weighted by molar-refractivity contribution is 5.98. The summed E-state index contributed by atoms with van der Waals surface area (Å²) in [5.74, 6) is -0.0899. The number of benzene rings is 2. The Morgan fingerprint density at radius 1 is 1.23 bits per heavy atom. The van der Waals surface area contributed by atoms with E-state index in [1.54, 1.807) is 18.2 Å². The van der Waals surface area contributed by atoms with Gasteiger partial charge in [-0.15, -0.1) is 0 Å². The fourth-order valence-corrected chi connectivity index (χ4v) is 2.57. The van der Waals surface area contributed by atoms with E-state index in [2.05, 4.69) is 0 Å². The Hall–Kier alpha value is -2.36. The highest BCUT2D eigenvalue weighted by atomic mass is 19.1. The second kappa shape index (κ2) is 6.60. The van der Waals surface area contributed by atoms with Crippen molar-refractivity contribution in [3.05, 3.63) is 47.3 Å². The van der Waals surface area contributed by atoms with Crippen molar-refractivity contribution in [3.63, 3.8) is 0 Å². The molecule has 2 aromatic carbocycles. The van der Waals surface area contributed by atoms with Gasteiger partial charge >= 0.3 is 0 Å². The molecule has 4 heteroatoms. The molecule has 0 radical (unpaired) electrons. The molecule has 22 heavy (non-hydrogen) atoms. The van der Waals surface area contributed by atoms with E-state index in [-0.39, 0.29) is 22.9 Å².